The Kier molecular flexibility index (Phi) is 13.2. The third kappa shape index (κ3) is 8.70. The lowest BCUT2D eigenvalue weighted by Gasteiger charge is -2.34. The zero-order valence-electron chi connectivity index (χ0n) is 32.1. The van der Waals surface area contributed by atoms with Crippen molar-refractivity contribution in [3.05, 3.63) is 241 Å². The molecule has 4 aromatic rings. The molecule has 0 spiro atoms. The molecule has 1 aliphatic carbocycles. The van der Waals surface area contributed by atoms with E-state index in [1.165, 1.54) is 44.6 Å². The molecule has 1 heteroatoms. The first-order valence-corrected chi connectivity index (χ1v) is 18.8. The molecular weight excluding hydrogens is 639 g/mol. The molecule has 0 fully saturated rings. The lowest BCUT2D eigenvalue weighted by molar-refractivity contribution is 0.519. The minimum absolute atomic E-state index is 0.0437. The second-order valence-corrected chi connectivity index (χ2v) is 14.2. The van der Waals surface area contributed by atoms with E-state index in [1.807, 2.05) is 18.2 Å². The number of nitrogens with zero attached hydrogens (tertiary/aromatic N) is 1. The maximum absolute atomic E-state index is 4.43. The highest BCUT2D eigenvalue weighted by Crippen LogP contribution is 2.48. The summed E-state index contributed by atoms with van der Waals surface area (Å²) in [6, 6.07) is 37.4. The van der Waals surface area contributed by atoms with Gasteiger partial charge in [0, 0.05) is 34.3 Å². The number of rotatable bonds is 17. The quantitative estimate of drug-likeness (QED) is 0.0786. The summed E-state index contributed by atoms with van der Waals surface area (Å²) in [6.07, 6.45) is 28.9. The molecule has 268 valence electrons. The Labute approximate surface area is 319 Å². The van der Waals surface area contributed by atoms with Crippen LogP contribution >= 0.6 is 0 Å². The summed E-state index contributed by atoms with van der Waals surface area (Å²) in [7, 11) is 0. The fraction of sp³-hybridized carbons (Fsp3) is 0.192. The zero-order chi connectivity index (χ0) is 37.7. The monoisotopic (exact) mass is 693 g/mol. The molecule has 5 rings (SSSR count). The van der Waals surface area contributed by atoms with E-state index in [0.29, 0.717) is 0 Å². The second-order valence-electron chi connectivity index (χ2n) is 14.2. The predicted octanol–water partition coefficient (Wildman–Crippen LogP) is 13.9. The van der Waals surface area contributed by atoms with Gasteiger partial charge in [-0.25, -0.2) is 0 Å². The molecule has 53 heavy (non-hydrogen) atoms. The van der Waals surface area contributed by atoms with Crippen LogP contribution in [0.25, 0.3) is 11.1 Å². The van der Waals surface area contributed by atoms with Crippen LogP contribution in [0.3, 0.4) is 0 Å². The summed E-state index contributed by atoms with van der Waals surface area (Å²) in [5.74, 6) is 0. The van der Waals surface area contributed by atoms with Gasteiger partial charge in [0.2, 0.25) is 0 Å². The SMILES string of the molecule is C=C/C=C\C(=C/Cc1ccc2c(c1)C(C)(C)c1ccccc1-2)N(/C(C)=C/C=C\CC=C)/C(=C/CC(C=C)(c1ccccc1)c1ccccc1)CC=CC. The van der Waals surface area contributed by atoms with Crippen LogP contribution in [0.4, 0.5) is 0 Å². The van der Waals surface area contributed by atoms with Gasteiger partial charge in [-0.15, -0.1) is 13.2 Å². The molecule has 0 saturated heterocycles. The average molecular weight is 694 g/mol. The van der Waals surface area contributed by atoms with Gasteiger partial charge in [0.15, 0.2) is 0 Å². The van der Waals surface area contributed by atoms with E-state index in [9.17, 15) is 0 Å². The lowest BCUT2D eigenvalue weighted by atomic mass is 9.72. The Bertz CT molecular complexity index is 2020. The van der Waals surface area contributed by atoms with E-state index in [4.69, 9.17) is 0 Å². The van der Waals surface area contributed by atoms with Crippen LogP contribution in [0.5, 0.6) is 0 Å². The van der Waals surface area contributed by atoms with Crippen LogP contribution < -0.4 is 0 Å². The van der Waals surface area contributed by atoms with Crippen LogP contribution in [0, 0.1) is 0 Å². The number of benzene rings is 4. The fourth-order valence-corrected chi connectivity index (χ4v) is 7.53. The van der Waals surface area contributed by atoms with E-state index >= 15 is 0 Å². The van der Waals surface area contributed by atoms with Crippen molar-refractivity contribution < 1.29 is 0 Å². The first kappa shape index (κ1) is 38.6. The summed E-state index contributed by atoms with van der Waals surface area (Å²) in [5.41, 5.74) is 12.2. The molecule has 0 aromatic heterocycles. The molecule has 0 radical (unpaired) electrons. The van der Waals surface area contributed by atoms with Gasteiger partial charge in [0.25, 0.3) is 0 Å². The fourth-order valence-electron chi connectivity index (χ4n) is 7.53. The van der Waals surface area contributed by atoms with Crippen LogP contribution in [0.2, 0.25) is 0 Å². The van der Waals surface area contributed by atoms with Crippen molar-refractivity contribution in [3.63, 3.8) is 0 Å². The Hall–Kier alpha value is -5.66. The molecule has 0 bridgehead atoms. The van der Waals surface area contributed by atoms with Gasteiger partial charge in [0.05, 0.1) is 0 Å². The van der Waals surface area contributed by atoms with Crippen molar-refractivity contribution in [2.24, 2.45) is 0 Å². The summed E-state index contributed by atoms with van der Waals surface area (Å²) in [6.45, 7) is 21.3. The molecule has 1 nitrogen and oxygen atoms in total. The maximum atomic E-state index is 4.43. The molecule has 1 aliphatic rings. The van der Waals surface area contributed by atoms with Gasteiger partial charge in [0.1, 0.15) is 0 Å². The van der Waals surface area contributed by atoms with Gasteiger partial charge in [-0.05, 0) is 84.2 Å². The second kappa shape index (κ2) is 18.2. The highest BCUT2D eigenvalue weighted by atomic mass is 15.2. The highest BCUT2D eigenvalue weighted by molar-refractivity contribution is 5.80. The van der Waals surface area contributed by atoms with Crippen molar-refractivity contribution in [3.8, 4) is 11.1 Å². The molecule has 0 amide bonds. The van der Waals surface area contributed by atoms with Gasteiger partial charge < -0.3 is 4.90 Å². The van der Waals surface area contributed by atoms with Crippen LogP contribution in [-0.4, -0.2) is 4.90 Å². The van der Waals surface area contributed by atoms with E-state index in [1.54, 1.807) is 0 Å². The Morgan fingerprint density at radius 1 is 0.755 bits per heavy atom. The smallest absolute Gasteiger partial charge is 0.0418 e. The van der Waals surface area contributed by atoms with Crippen LogP contribution in [-0.2, 0) is 17.3 Å². The first-order valence-electron chi connectivity index (χ1n) is 18.8. The van der Waals surface area contributed by atoms with E-state index < -0.39 is 5.41 Å². The number of hydrogen-bond donors (Lipinski definition) is 0. The van der Waals surface area contributed by atoms with Gasteiger partial charge in [-0.2, -0.15) is 0 Å². The van der Waals surface area contributed by atoms with Crippen LogP contribution in [0.15, 0.2) is 213 Å². The third-order valence-electron chi connectivity index (χ3n) is 10.4. The first-order chi connectivity index (χ1) is 25.8. The highest BCUT2D eigenvalue weighted by Gasteiger charge is 2.35. The summed E-state index contributed by atoms with van der Waals surface area (Å²) in [4.78, 5) is 2.41. The predicted molar refractivity (Wildman–Crippen MR) is 231 cm³/mol. The topological polar surface area (TPSA) is 3.24 Å². The minimum atomic E-state index is -0.410. The minimum Gasteiger partial charge on any atom is -0.319 e. The van der Waals surface area contributed by atoms with Gasteiger partial charge >= 0.3 is 0 Å². The standard InChI is InChI=1S/C52H55N/c1-8-12-15-18-25-41(5)53(46(31-14-10-3)38-39-52(11-4,43-26-19-16-20-27-43)44-28-21-17-22-29-44)45(30-13-9-2)36-34-42-35-37-48-47-32-23-24-33-49(47)51(6,7)50(48)40-42/h8-11,13-30,32-33,35-38,40H,1-2,4,12,31,34,39H2,3,5-7H3/b14-10?,18-15-,30-13-,41-25+,45-36+,46-38+. The summed E-state index contributed by atoms with van der Waals surface area (Å²) >= 11 is 0. The van der Waals surface area contributed by atoms with Crippen LogP contribution in [0.1, 0.15) is 74.8 Å². The third-order valence-corrected chi connectivity index (χ3v) is 10.4. The van der Waals surface area contributed by atoms with Crippen molar-refractivity contribution in [1.29, 1.82) is 0 Å². The molecular formula is C52H55N. The molecule has 0 atom stereocenters. The van der Waals surface area contributed by atoms with E-state index in [0.717, 1.165) is 37.1 Å². The molecule has 0 N–H and O–H groups in total. The molecule has 0 heterocycles. The van der Waals surface area contributed by atoms with Gasteiger partial charge in [-0.1, -0.05) is 184 Å². The maximum Gasteiger partial charge on any atom is 0.0418 e. The number of fused-ring (bicyclic) bond motifs is 3. The Balaban J connectivity index is 1.63. The van der Waals surface area contributed by atoms with Crippen molar-refractivity contribution >= 4 is 0 Å². The lowest BCUT2D eigenvalue weighted by Crippen LogP contribution is -2.26. The number of allylic oxidation sites excluding steroid dienone is 13. The van der Waals surface area contributed by atoms with E-state index in [2.05, 4.69) is 210 Å². The molecule has 0 aliphatic heterocycles. The van der Waals surface area contributed by atoms with Crippen molar-refractivity contribution in [1.82, 2.24) is 4.90 Å². The average Bonchev–Trinajstić information content (AvgIpc) is 3.42. The van der Waals surface area contributed by atoms with Crippen molar-refractivity contribution in [2.45, 2.75) is 64.2 Å². The summed E-state index contributed by atoms with van der Waals surface area (Å²) < 4.78 is 0. The zero-order valence-corrected chi connectivity index (χ0v) is 32.1. The molecule has 4 aromatic carbocycles. The summed E-state index contributed by atoms with van der Waals surface area (Å²) in [5, 5.41) is 0. The Morgan fingerprint density at radius 2 is 1.42 bits per heavy atom. The molecule has 0 saturated carbocycles. The Morgan fingerprint density at radius 3 is 2.06 bits per heavy atom. The largest absolute Gasteiger partial charge is 0.319 e. The van der Waals surface area contributed by atoms with Gasteiger partial charge in [-0.3, -0.25) is 0 Å². The van der Waals surface area contributed by atoms with E-state index in [-0.39, 0.29) is 5.41 Å². The molecule has 0 unspecified atom stereocenters. The number of hydrogen-bond acceptors (Lipinski definition) is 1. The van der Waals surface area contributed by atoms with Crippen molar-refractivity contribution in [2.75, 3.05) is 0 Å². The normalized spacial score (nSPS) is 14.5.